The van der Waals surface area contributed by atoms with Crippen LogP contribution in [0.1, 0.15) is 26.3 Å². The highest BCUT2D eigenvalue weighted by Gasteiger charge is 2.11. The highest BCUT2D eigenvalue weighted by molar-refractivity contribution is 8.00. The van der Waals surface area contributed by atoms with Crippen molar-refractivity contribution >= 4 is 40.9 Å². The summed E-state index contributed by atoms with van der Waals surface area (Å²) >= 11 is 1.32. The van der Waals surface area contributed by atoms with Crippen LogP contribution in [-0.2, 0) is 4.79 Å². The van der Waals surface area contributed by atoms with E-state index in [0.29, 0.717) is 16.9 Å². The van der Waals surface area contributed by atoms with Crippen LogP contribution in [0.5, 0.6) is 0 Å². The number of carbonyl (C=O) groups excluding carboxylic acids is 3. The van der Waals surface area contributed by atoms with E-state index >= 15 is 0 Å². The Morgan fingerprint density at radius 2 is 1.63 bits per heavy atom. The van der Waals surface area contributed by atoms with Crippen molar-refractivity contribution in [2.24, 2.45) is 5.73 Å². The number of nitrogens with one attached hydrogen (secondary N) is 2. The number of amides is 3. The molecule has 0 unspecified atom stereocenters. The third-order valence-electron chi connectivity index (χ3n) is 4.24. The number of hydrogen-bond donors (Lipinski definition) is 3. The average Bonchev–Trinajstić information content (AvgIpc) is 2.73. The molecule has 0 saturated carbocycles. The third-order valence-corrected chi connectivity index (χ3v) is 5.24. The molecule has 3 amide bonds. The van der Waals surface area contributed by atoms with Crippen LogP contribution in [0.4, 0.5) is 11.4 Å². The van der Waals surface area contributed by atoms with Crippen LogP contribution in [0.3, 0.4) is 0 Å². The summed E-state index contributed by atoms with van der Waals surface area (Å²) in [6.45, 7) is 1.96. The molecule has 4 N–H and O–H groups in total. The molecule has 0 atom stereocenters. The van der Waals surface area contributed by atoms with Crippen LogP contribution >= 0.6 is 11.8 Å². The molecule has 0 spiro atoms. The zero-order chi connectivity index (χ0) is 21.5. The molecule has 0 bridgehead atoms. The Bertz CT molecular complexity index is 1080. The quantitative estimate of drug-likeness (QED) is 0.502. The second kappa shape index (κ2) is 9.76. The number of primary amides is 1. The molecule has 152 valence electrons. The monoisotopic (exact) mass is 419 g/mol. The van der Waals surface area contributed by atoms with E-state index in [-0.39, 0.29) is 23.1 Å². The molecule has 3 aromatic rings. The lowest BCUT2D eigenvalue weighted by atomic mass is 10.1. The SMILES string of the molecule is Cc1ccc(C(=O)Nc2cccc(SCC(=O)Nc3ccccc3C(N)=O)c2)cc1. The van der Waals surface area contributed by atoms with Gasteiger partial charge in [0.1, 0.15) is 0 Å². The maximum atomic E-state index is 12.4. The highest BCUT2D eigenvalue weighted by atomic mass is 32.2. The van der Waals surface area contributed by atoms with Gasteiger partial charge in [-0.2, -0.15) is 0 Å². The fraction of sp³-hybridized carbons (Fsp3) is 0.0870. The molecular formula is C23H21N3O3S. The van der Waals surface area contributed by atoms with E-state index in [4.69, 9.17) is 5.73 Å². The van der Waals surface area contributed by atoms with Crippen molar-refractivity contribution in [3.8, 4) is 0 Å². The van der Waals surface area contributed by atoms with Gasteiger partial charge in [-0.05, 0) is 49.4 Å². The van der Waals surface area contributed by atoms with Gasteiger partial charge in [0.05, 0.1) is 17.0 Å². The van der Waals surface area contributed by atoms with Gasteiger partial charge in [0.25, 0.3) is 11.8 Å². The van der Waals surface area contributed by atoms with Crippen molar-refractivity contribution in [3.63, 3.8) is 0 Å². The zero-order valence-electron chi connectivity index (χ0n) is 16.3. The molecule has 0 aromatic heterocycles. The number of rotatable bonds is 7. The van der Waals surface area contributed by atoms with Gasteiger partial charge in [-0.3, -0.25) is 14.4 Å². The number of hydrogen-bond acceptors (Lipinski definition) is 4. The summed E-state index contributed by atoms with van der Waals surface area (Å²) in [7, 11) is 0. The van der Waals surface area contributed by atoms with Gasteiger partial charge >= 0.3 is 0 Å². The number of carbonyl (C=O) groups is 3. The summed E-state index contributed by atoms with van der Waals surface area (Å²) in [5.74, 6) is -0.918. The smallest absolute Gasteiger partial charge is 0.255 e. The predicted octanol–water partition coefficient (Wildman–Crippen LogP) is 4.08. The largest absolute Gasteiger partial charge is 0.366 e. The number of aryl methyl sites for hydroxylation is 1. The lowest BCUT2D eigenvalue weighted by Gasteiger charge is -2.10. The van der Waals surface area contributed by atoms with Crippen molar-refractivity contribution in [1.29, 1.82) is 0 Å². The first-order valence-electron chi connectivity index (χ1n) is 9.22. The van der Waals surface area contributed by atoms with E-state index < -0.39 is 5.91 Å². The summed E-state index contributed by atoms with van der Waals surface area (Å²) in [5.41, 5.74) is 8.28. The molecule has 0 aliphatic heterocycles. The topological polar surface area (TPSA) is 101 Å². The maximum absolute atomic E-state index is 12.4. The Hall–Kier alpha value is -3.58. The number of thioether (sulfide) groups is 1. The van der Waals surface area contributed by atoms with Crippen LogP contribution in [-0.4, -0.2) is 23.5 Å². The fourth-order valence-corrected chi connectivity index (χ4v) is 3.47. The van der Waals surface area contributed by atoms with Gasteiger partial charge in [-0.25, -0.2) is 0 Å². The van der Waals surface area contributed by atoms with Gasteiger partial charge in [-0.15, -0.1) is 11.8 Å². The van der Waals surface area contributed by atoms with E-state index in [2.05, 4.69) is 10.6 Å². The summed E-state index contributed by atoms with van der Waals surface area (Å²) in [6.07, 6.45) is 0. The molecule has 7 heteroatoms. The van der Waals surface area contributed by atoms with Crippen LogP contribution in [0.25, 0.3) is 0 Å². The van der Waals surface area contributed by atoms with Gasteiger partial charge in [0.2, 0.25) is 5.91 Å². The summed E-state index contributed by atoms with van der Waals surface area (Å²) in [4.78, 5) is 36.9. The van der Waals surface area contributed by atoms with Crippen molar-refractivity contribution in [3.05, 3.63) is 89.5 Å². The lowest BCUT2D eigenvalue weighted by molar-refractivity contribution is -0.113. The molecule has 3 aromatic carbocycles. The van der Waals surface area contributed by atoms with Crippen LogP contribution < -0.4 is 16.4 Å². The van der Waals surface area contributed by atoms with E-state index in [1.807, 2.05) is 31.2 Å². The van der Waals surface area contributed by atoms with Gasteiger partial charge in [-0.1, -0.05) is 35.9 Å². The molecule has 6 nitrogen and oxygen atoms in total. The van der Waals surface area contributed by atoms with E-state index in [9.17, 15) is 14.4 Å². The van der Waals surface area contributed by atoms with Gasteiger partial charge in [0.15, 0.2) is 0 Å². The molecule has 0 heterocycles. The minimum absolute atomic E-state index is 0.141. The minimum atomic E-state index is -0.601. The average molecular weight is 420 g/mol. The summed E-state index contributed by atoms with van der Waals surface area (Å²) < 4.78 is 0. The molecule has 3 rings (SSSR count). The van der Waals surface area contributed by atoms with Crippen molar-refractivity contribution in [2.45, 2.75) is 11.8 Å². The van der Waals surface area contributed by atoms with Crippen molar-refractivity contribution in [1.82, 2.24) is 0 Å². The second-order valence-corrected chi connectivity index (χ2v) is 7.64. The molecule has 0 radical (unpaired) electrons. The Kier molecular flexibility index (Phi) is 6.87. The number of benzene rings is 3. The lowest BCUT2D eigenvalue weighted by Crippen LogP contribution is -2.19. The predicted molar refractivity (Wildman–Crippen MR) is 120 cm³/mol. The van der Waals surface area contributed by atoms with E-state index in [1.54, 1.807) is 48.5 Å². The fourth-order valence-electron chi connectivity index (χ4n) is 2.71. The number of nitrogens with two attached hydrogens (primary N) is 1. The zero-order valence-corrected chi connectivity index (χ0v) is 17.2. The standard InChI is InChI=1S/C23H21N3O3S/c1-15-9-11-16(12-10-15)23(29)25-17-5-4-6-18(13-17)30-14-21(27)26-20-8-3-2-7-19(20)22(24)28/h2-13H,14H2,1H3,(H2,24,28)(H,25,29)(H,26,27). The Morgan fingerprint density at radius 3 is 2.37 bits per heavy atom. The first-order valence-corrected chi connectivity index (χ1v) is 10.2. The molecule has 0 fully saturated rings. The third kappa shape index (κ3) is 5.71. The van der Waals surface area contributed by atoms with E-state index in [1.165, 1.54) is 11.8 Å². The van der Waals surface area contributed by atoms with Crippen LogP contribution in [0, 0.1) is 6.92 Å². The van der Waals surface area contributed by atoms with Crippen LogP contribution in [0.2, 0.25) is 0 Å². The summed E-state index contributed by atoms with van der Waals surface area (Å²) in [5, 5.41) is 5.57. The van der Waals surface area contributed by atoms with Gasteiger partial charge in [0, 0.05) is 16.1 Å². The Balaban J connectivity index is 1.59. The molecule has 0 aliphatic rings. The normalized spacial score (nSPS) is 10.3. The summed E-state index contributed by atoms with van der Waals surface area (Å²) in [6, 6.07) is 21.2. The van der Waals surface area contributed by atoms with Crippen molar-refractivity contribution < 1.29 is 14.4 Å². The first kappa shape index (κ1) is 21.1. The number of para-hydroxylation sites is 1. The Labute approximate surface area is 178 Å². The number of anilines is 2. The van der Waals surface area contributed by atoms with E-state index in [0.717, 1.165) is 10.5 Å². The molecular weight excluding hydrogens is 398 g/mol. The molecule has 30 heavy (non-hydrogen) atoms. The Morgan fingerprint density at radius 1 is 0.900 bits per heavy atom. The van der Waals surface area contributed by atoms with Crippen molar-refractivity contribution in [2.75, 3.05) is 16.4 Å². The molecule has 0 aliphatic carbocycles. The second-order valence-electron chi connectivity index (χ2n) is 6.59. The highest BCUT2D eigenvalue weighted by Crippen LogP contribution is 2.23. The van der Waals surface area contributed by atoms with Gasteiger partial charge < -0.3 is 16.4 Å². The van der Waals surface area contributed by atoms with Crippen LogP contribution in [0.15, 0.2) is 77.7 Å². The first-order chi connectivity index (χ1) is 14.4. The minimum Gasteiger partial charge on any atom is -0.366 e. The maximum Gasteiger partial charge on any atom is 0.255 e. The molecule has 0 saturated heterocycles.